The number of ether oxygens (including phenoxy) is 1. The monoisotopic (exact) mass is 230 g/mol. The molecule has 3 nitrogen and oxygen atoms in total. The van der Waals surface area contributed by atoms with Gasteiger partial charge in [-0.05, 0) is 38.3 Å². The van der Waals surface area contributed by atoms with E-state index in [4.69, 9.17) is 22.7 Å². The number of piperidine rings is 1. The fraction of sp³-hybridized carbons (Fsp3) is 0.909. The second kappa shape index (κ2) is 6.40. The summed E-state index contributed by atoms with van der Waals surface area (Å²) in [5, 5.41) is 0. The van der Waals surface area contributed by atoms with Gasteiger partial charge < -0.3 is 10.5 Å². The second-order valence-corrected chi connectivity index (χ2v) is 4.73. The van der Waals surface area contributed by atoms with Gasteiger partial charge in [0, 0.05) is 13.7 Å². The van der Waals surface area contributed by atoms with Crippen LogP contribution in [-0.2, 0) is 4.74 Å². The average molecular weight is 230 g/mol. The van der Waals surface area contributed by atoms with E-state index in [1.807, 2.05) is 0 Å². The summed E-state index contributed by atoms with van der Waals surface area (Å²) in [6.07, 6.45) is 3.42. The lowest BCUT2D eigenvalue weighted by molar-refractivity contribution is 0.0915. The van der Waals surface area contributed by atoms with E-state index in [-0.39, 0.29) is 0 Å². The molecule has 1 saturated heterocycles. The largest absolute Gasteiger partial charge is 0.392 e. The Morgan fingerprint density at radius 1 is 1.53 bits per heavy atom. The highest BCUT2D eigenvalue weighted by Crippen LogP contribution is 2.20. The first-order chi connectivity index (χ1) is 7.19. The first kappa shape index (κ1) is 12.9. The zero-order valence-electron chi connectivity index (χ0n) is 9.74. The highest BCUT2D eigenvalue weighted by Gasteiger charge is 2.25. The topological polar surface area (TPSA) is 38.5 Å². The number of methoxy groups -OCH3 is 1. The molecule has 15 heavy (non-hydrogen) atoms. The van der Waals surface area contributed by atoms with E-state index < -0.39 is 0 Å². The minimum Gasteiger partial charge on any atom is -0.392 e. The predicted octanol–water partition coefficient (Wildman–Crippen LogP) is 1.41. The molecule has 0 spiro atoms. The number of nitrogens with zero attached hydrogens (tertiary/aromatic N) is 1. The van der Waals surface area contributed by atoms with Crippen LogP contribution in [0.1, 0.15) is 26.2 Å². The molecule has 0 aliphatic carbocycles. The van der Waals surface area contributed by atoms with Gasteiger partial charge in [0.15, 0.2) is 0 Å². The van der Waals surface area contributed by atoms with Gasteiger partial charge in [0.25, 0.3) is 0 Å². The molecule has 0 saturated carbocycles. The lowest BCUT2D eigenvalue weighted by Gasteiger charge is -2.36. The molecule has 0 bridgehead atoms. The molecule has 1 aliphatic rings. The molecule has 1 atom stereocenters. The minimum atomic E-state index is 0.295. The van der Waals surface area contributed by atoms with Crippen LogP contribution in [0.4, 0.5) is 0 Å². The molecule has 4 heteroatoms. The van der Waals surface area contributed by atoms with Crippen LogP contribution in [-0.4, -0.2) is 42.7 Å². The predicted molar refractivity (Wildman–Crippen MR) is 67.0 cm³/mol. The Morgan fingerprint density at radius 2 is 2.13 bits per heavy atom. The summed E-state index contributed by atoms with van der Waals surface area (Å²) in [5.41, 5.74) is 5.74. The quantitative estimate of drug-likeness (QED) is 0.725. The Morgan fingerprint density at radius 3 is 2.53 bits per heavy atom. The normalized spacial score (nSPS) is 21.5. The summed E-state index contributed by atoms with van der Waals surface area (Å²) in [6.45, 7) is 5.23. The van der Waals surface area contributed by atoms with Crippen molar-refractivity contribution in [2.45, 2.75) is 32.2 Å². The minimum absolute atomic E-state index is 0.295. The molecule has 1 unspecified atom stereocenters. The highest BCUT2D eigenvalue weighted by molar-refractivity contribution is 7.80. The van der Waals surface area contributed by atoms with Crippen LogP contribution in [0.3, 0.4) is 0 Å². The molecule has 1 aliphatic heterocycles. The Kier molecular flexibility index (Phi) is 5.50. The van der Waals surface area contributed by atoms with E-state index in [0.29, 0.717) is 11.0 Å². The third-order valence-electron chi connectivity index (χ3n) is 3.21. The van der Waals surface area contributed by atoms with Gasteiger partial charge in [-0.1, -0.05) is 19.1 Å². The van der Waals surface area contributed by atoms with Crippen molar-refractivity contribution in [2.24, 2.45) is 11.7 Å². The van der Waals surface area contributed by atoms with Crippen LogP contribution in [0.25, 0.3) is 0 Å². The Bertz CT molecular complexity index is 203. The van der Waals surface area contributed by atoms with Crippen molar-refractivity contribution < 1.29 is 4.74 Å². The zero-order chi connectivity index (χ0) is 11.3. The van der Waals surface area contributed by atoms with Gasteiger partial charge >= 0.3 is 0 Å². The maximum Gasteiger partial charge on any atom is 0.0901 e. The van der Waals surface area contributed by atoms with Crippen molar-refractivity contribution in [3.63, 3.8) is 0 Å². The maximum atomic E-state index is 5.74. The fourth-order valence-electron chi connectivity index (χ4n) is 2.31. The molecule has 0 amide bonds. The molecule has 1 heterocycles. The van der Waals surface area contributed by atoms with Crippen LogP contribution >= 0.6 is 12.2 Å². The molecular formula is C11H22N2OS. The lowest BCUT2D eigenvalue weighted by Crippen LogP contribution is -2.47. The summed E-state index contributed by atoms with van der Waals surface area (Å²) in [4.78, 5) is 3.05. The van der Waals surface area contributed by atoms with Gasteiger partial charge in [-0.3, -0.25) is 4.90 Å². The number of hydrogen-bond acceptors (Lipinski definition) is 3. The molecule has 0 aromatic heterocycles. The van der Waals surface area contributed by atoms with Crippen LogP contribution in [0.15, 0.2) is 0 Å². The summed E-state index contributed by atoms with van der Waals surface area (Å²) in [5.74, 6) is 0.718. The van der Waals surface area contributed by atoms with Gasteiger partial charge in [-0.2, -0.15) is 0 Å². The first-order valence-corrected chi connectivity index (χ1v) is 6.12. The van der Waals surface area contributed by atoms with Crippen molar-refractivity contribution in [1.29, 1.82) is 0 Å². The van der Waals surface area contributed by atoms with Gasteiger partial charge in [-0.25, -0.2) is 0 Å². The molecule has 1 fully saturated rings. The standard InChI is InChI=1S/C11H22N2OS/c1-3-10(11(12)15)13-6-4-9(5-7-13)8-14-2/h9-10H,3-8H2,1-2H3,(H2,12,15). The van der Waals surface area contributed by atoms with E-state index in [1.165, 1.54) is 12.8 Å². The van der Waals surface area contributed by atoms with Crippen LogP contribution in [0.5, 0.6) is 0 Å². The number of hydrogen-bond donors (Lipinski definition) is 1. The number of nitrogens with two attached hydrogens (primary N) is 1. The van der Waals surface area contributed by atoms with Gasteiger partial charge in [0.05, 0.1) is 11.0 Å². The number of likely N-dealkylation sites (tertiary alicyclic amines) is 1. The molecule has 2 N–H and O–H groups in total. The molecular weight excluding hydrogens is 208 g/mol. The third kappa shape index (κ3) is 3.70. The molecule has 0 aromatic rings. The summed E-state index contributed by atoms with van der Waals surface area (Å²) >= 11 is 5.09. The van der Waals surface area contributed by atoms with Crippen molar-refractivity contribution in [1.82, 2.24) is 4.90 Å². The van der Waals surface area contributed by atoms with Crippen LogP contribution in [0, 0.1) is 5.92 Å². The van der Waals surface area contributed by atoms with E-state index >= 15 is 0 Å². The highest BCUT2D eigenvalue weighted by atomic mass is 32.1. The SMILES string of the molecule is CCC(C(N)=S)N1CCC(COC)CC1. The number of thiocarbonyl (C=S) groups is 1. The molecule has 0 aromatic carbocycles. The van der Waals surface area contributed by atoms with Crippen LogP contribution < -0.4 is 5.73 Å². The molecule has 0 radical (unpaired) electrons. The third-order valence-corrected chi connectivity index (χ3v) is 3.48. The fourth-order valence-corrected chi connectivity index (χ4v) is 2.62. The first-order valence-electron chi connectivity index (χ1n) is 5.71. The van der Waals surface area contributed by atoms with Gasteiger partial charge in [-0.15, -0.1) is 0 Å². The van der Waals surface area contributed by atoms with E-state index in [0.717, 1.165) is 32.0 Å². The molecule has 88 valence electrons. The van der Waals surface area contributed by atoms with Gasteiger partial charge in [0.1, 0.15) is 0 Å². The van der Waals surface area contributed by atoms with Gasteiger partial charge in [0.2, 0.25) is 0 Å². The average Bonchev–Trinajstić information content (AvgIpc) is 2.21. The van der Waals surface area contributed by atoms with E-state index in [2.05, 4.69) is 11.8 Å². The Labute approximate surface area is 98.0 Å². The Balaban J connectivity index is 2.38. The van der Waals surface area contributed by atoms with Crippen LogP contribution in [0.2, 0.25) is 0 Å². The van der Waals surface area contributed by atoms with E-state index in [1.54, 1.807) is 7.11 Å². The summed E-state index contributed by atoms with van der Waals surface area (Å²) in [6, 6.07) is 0.295. The molecule has 1 rings (SSSR count). The maximum absolute atomic E-state index is 5.74. The van der Waals surface area contributed by atoms with Crippen molar-refractivity contribution in [3.05, 3.63) is 0 Å². The van der Waals surface area contributed by atoms with Crippen molar-refractivity contribution in [3.8, 4) is 0 Å². The lowest BCUT2D eigenvalue weighted by atomic mass is 9.96. The van der Waals surface area contributed by atoms with E-state index in [9.17, 15) is 0 Å². The summed E-state index contributed by atoms with van der Waals surface area (Å²) < 4.78 is 5.18. The second-order valence-electron chi connectivity index (χ2n) is 4.26. The van der Waals surface area contributed by atoms with Crippen molar-refractivity contribution >= 4 is 17.2 Å². The smallest absolute Gasteiger partial charge is 0.0901 e. The summed E-state index contributed by atoms with van der Waals surface area (Å²) in [7, 11) is 1.77. The van der Waals surface area contributed by atoms with Crippen molar-refractivity contribution in [2.75, 3.05) is 26.8 Å². The zero-order valence-corrected chi connectivity index (χ0v) is 10.6. The number of rotatable bonds is 5. The Hall–Kier alpha value is -0.190.